The summed E-state index contributed by atoms with van der Waals surface area (Å²) in [4.78, 5) is 0. The van der Waals surface area contributed by atoms with Crippen molar-refractivity contribution in [1.29, 1.82) is 0 Å². The highest BCUT2D eigenvalue weighted by atomic mass is 16.5. The van der Waals surface area contributed by atoms with Crippen LogP contribution in [0, 0.1) is 0 Å². The average molecular weight is 276 g/mol. The monoisotopic (exact) mass is 276 g/mol. The van der Waals surface area contributed by atoms with Crippen molar-refractivity contribution in [3.05, 3.63) is 18.0 Å². The van der Waals surface area contributed by atoms with Crippen molar-refractivity contribution in [3.8, 4) is 5.88 Å². The van der Waals surface area contributed by atoms with E-state index in [0.29, 0.717) is 12.0 Å². The lowest BCUT2D eigenvalue weighted by Gasteiger charge is -2.22. The number of ether oxygens (including phenoxy) is 1. The summed E-state index contributed by atoms with van der Waals surface area (Å²) in [6.45, 7) is 6.05. The molecule has 0 N–H and O–H groups in total. The van der Waals surface area contributed by atoms with Gasteiger partial charge in [0.25, 0.3) is 0 Å². The molecule has 5 heteroatoms. The van der Waals surface area contributed by atoms with E-state index in [9.17, 15) is 0 Å². The van der Waals surface area contributed by atoms with Crippen LogP contribution >= 0.6 is 0 Å². The van der Waals surface area contributed by atoms with E-state index in [0.717, 1.165) is 30.7 Å². The molecule has 0 saturated heterocycles. The lowest BCUT2D eigenvalue weighted by Crippen LogP contribution is -2.20. The molecule has 0 bridgehead atoms. The minimum atomic E-state index is 0.324. The molecule has 0 atom stereocenters. The van der Waals surface area contributed by atoms with Gasteiger partial charge in [0.1, 0.15) is 6.10 Å². The van der Waals surface area contributed by atoms with Crippen LogP contribution in [-0.2, 0) is 6.42 Å². The van der Waals surface area contributed by atoms with E-state index in [4.69, 9.17) is 4.74 Å². The van der Waals surface area contributed by atoms with E-state index in [2.05, 4.69) is 15.3 Å². The van der Waals surface area contributed by atoms with E-state index in [1.165, 1.54) is 19.3 Å². The quantitative estimate of drug-likeness (QED) is 0.862. The molecule has 110 valence electrons. The molecular weight excluding hydrogens is 252 g/mol. The van der Waals surface area contributed by atoms with Crippen LogP contribution in [0.5, 0.6) is 5.88 Å². The number of aromatic nitrogens is 4. The van der Waals surface area contributed by atoms with Crippen LogP contribution in [0.15, 0.2) is 12.1 Å². The van der Waals surface area contributed by atoms with E-state index < -0.39 is 0 Å². The third kappa shape index (κ3) is 3.26. The van der Waals surface area contributed by atoms with Crippen molar-refractivity contribution >= 4 is 5.65 Å². The minimum absolute atomic E-state index is 0.324. The molecule has 0 unspecified atom stereocenters. The molecule has 0 amide bonds. The van der Waals surface area contributed by atoms with Crippen molar-refractivity contribution in [3.63, 3.8) is 0 Å². The summed E-state index contributed by atoms with van der Waals surface area (Å²) < 4.78 is 7.72. The largest absolute Gasteiger partial charge is 0.473 e. The SMILES string of the molecule is CC.CCc1nnc2ccc(OC3CCCCC3)nn12. The summed E-state index contributed by atoms with van der Waals surface area (Å²) in [6.07, 6.45) is 7.29. The molecule has 1 aliphatic carbocycles. The lowest BCUT2D eigenvalue weighted by molar-refractivity contribution is 0.146. The van der Waals surface area contributed by atoms with Gasteiger partial charge in [-0.15, -0.1) is 15.3 Å². The third-order valence-corrected chi connectivity index (χ3v) is 3.46. The van der Waals surface area contributed by atoms with E-state index >= 15 is 0 Å². The molecular formula is C15H24N4O. The Kier molecular flexibility index (Phi) is 5.32. The summed E-state index contributed by atoms with van der Waals surface area (Å²) in [6, 6.07) is 3.80. The van der Waals surface area contributed by atoms with E-state index in [1.54, 1.807) is 4.52 Å². The molecule has 1 saturated carbocycles. The van der Waals surface area contributed by atoms with Gasteiger partial charge in [-0.05, 0) is 31.7 Å². The normalized spacial score (nSPS) is 15.8. The van der Waals surface area contributed by atoms with Gasteiger partial charge in [0.15, 0.2) is 11.5 Å². The Hall–Kier alpha value is -1.65. The Morgan fingerprint density at radius 2 is 1.90 bits per heavy atom. The van der Waals surface area contributed by atoms with Gasteiger partial charge in [-0.1, -0.05) is 27.2 Å². The first-order valence-electron chi connectivity index (χ1n) is 7.75. The molecule has 20 heavy (non-hydrogen) atoms. The fourth-order valence-electron chi connectivity index (χ4n) is 2.45. The summed E-state index contributed by atoms with van der Waals surface area (Å²) in [5.41, 5.74) is 0.780. The lowest BCUT2D eigenvalue weighted by atomic mass is 9.98. The molecule has 2 aromatic rings. The predicted molar refractivity (Wildman–Crippen MR) is 79.0 cm³/mol. The summed E-state index contributed by atoms with van der Waals surface area (Å²) in [5, 5.41) is 12.6. The molecule has 1 aliphatic rings. The zero-order valence-electron chi connectivity index (χ0n) is 12.7. The first-order valence-corrected chi connectivity index (χ1v) is 7.75. The first kappa shape index (κ1) is 14.8. The van der Waals surface area contributed by atoms with Crippen molar-refractivity contribution in [2.24, 2.45) is 0 Å². The van der Waals surface area contributed by atoms with Gasteiger partial charge >= 0.3 is 0 Å². The Morgan fingerprint density at radius 3 is 2.60 bits per heavy atom. The smallest absolute Gasteiger partial charge is 0.232 e. The van der Waals surface area contributed by atoms with Crippen LogP contribution < -0.4 is 4.74 Å². The van der Waals surface area contributed by atoms with Crippen LogP contribution in [0.4, 0.5) is 0 Å². The van der Waals surface area contributed by atoms with Gasteiger partial charge in [-0.2, -0.15) is 4.52 Å². The third-order valence-electron chi connectivity index (χ3n) is 3.46. The van der Waals surface area contributed by atoms with Crippen molar-refractivity contribution in [1.82, 2.24) is 19.8 Å². The standard InChI is InChI=1S/C13H18N4O.C2H6/c1-2-11-14-15-12-8-9-13(16-17(11)12)18-10-6-4-3-5-7-10;1-2/h8-10H,2-7H2,1H3;1-2H3. The fourth-order valence-corrected chi connectivity index (χ4v) is 2.45. The fraction of sp³-hybridized carbons (Fsp3) is 0.667. The Balaban J connectivity index is 0.000000704. The number of aryl methyl sites for hydroxylation is 1. The Bertz CT molecular complexity index is 532. The van der Waals surface area contributed by atoms with Gasteiger partial charge in [0.05, 0.1) is 0 Å². The predicted octanol–water partition coefficient (Wildman–Crippen LogP) is 3.42. The van der Waals surface area contributed by atoms with Crippen molar-refractivity contribution < 1.29 is 4.74 Å². The van der Waals surface area contributed by atoms with Gasteiger partial charge in [0.2, 0.25) is 5.88 Å². The molecule has 3 rings (SSSR count). The summed E-state index contributed by atoms with van der Waals surface area (Å²) >= 11 is 0. The van der Waals surface area contributed by atoms with E-state index in [1.807, 2.05) is 32.9 Å². The molecule has 0 aromatic carbocycles. The molecule has 2 aromatic heterocycles. The zero-order chi connectivity index (χ0) is 14.4. The second kappa shape index (κ2) is 7.22. The van der Waals surface area contributed by atoms with Crippen LogP contribution in [0.2, 0.25) is 0 Å². The van der Waals surface area contributed by atoms with Crippen LogP contribution in [0.3, 0.4) is 0 Å². The highest BCUT2D eigenvalue weighted by Gasteiger charge is 2.16. The van der Waals surface area contributed by atoms with Crippen molar-refractivity contribution in [2.45, 2.75) is 65.4 Å². The molecule has 1 fully saturated rings. The summed E-state index contributed by atoms with van der Waals surface area (Å²) in [7, 11) is 0. The second-order valence-corrected chi connectivity index (χ2v) is 4.79. The zero-order valence-corrected chi connectivity index (χ0v) is 12.7. The summed E-state index contributed by atoms with van der Waals surface area (Å²) in [5.74, 6) is 1.56. The van der Waals surface area contributed by atoms with Gasteiger partial charge < -0.3 is 4.74 Å². The average Bonchev–Trinajstić information content (AvgIpc) is 2.93. The second-order valence-electron chi connectivity index (χ2n) is 4.79. The van der Waals surface area contributed by atoms with Gasteiger partial charge in [0, 0.05) is 12.5 Å². The highest BCUT2D eigenvalue weighted by Crippen LogP contribution is 2.22. The number of nitrogens with zero attached hydrogens (tertiary/aromatic N) is 4. The maximum Gasteiger partial charge on any atom is 0.232 e. The van der Waals surface area contributed by atoms with Crippen LogP contribution in [-0.4, -0.2) is 25.9 Å². The minimum Gasteiger partial charge on any atom is -0.473 e. The maximum absolute atomic E-state index is 5.94. The Labute approximate surface area is 120 Å². The molecule has 0 radical (unpaired) electrons. The van der Waals surface area contributed by atoms with Gasteiger partial charge in [-0.25, -0.2) is 0 Å². The van der Waals surface area contributed by atoms with Gasteiger partial charge in [-0.3, -0.25) is 0 Å². The number of hydrogen-bond donors (Lipinski definition) is 0. The number of rotatable bonds is 3. The van der Waals surface area contributed by atoms with Crippen molar-refractivity contribution in [2.75, 3.05) is 0 Å². The van der Waals surface area contributed by atoms with Crippen LogP contribution in [0.25, 0.3) is 5.65 Å². The molecule has 5 nitrogen and oxygen atoms in total. The number of hydrogen-bond acceptors (Lipinski definition) is 4. The Morgan fingerprint density at radius 1 is 1.15 bits per heavy atom. The van der Waals surface area contributed by atoms with E-state index in [-0.39, 0.29) is 0 Å². The first-order chi connectivity index (χ1) is 9.86. The molecule has 2 heterocycles. The maximum atomic E-state index is 5.94. The molecule has 0 aliphatic heterocycles. The molecule has 0 spiro atoms. The van der Waals surface area contributed by atoms with Crippen LogP contribution in [0.1, 0.15) is 58.7 Å². The highest BCUT2D eigenvalue weighted by molar-refractivity contribution is 5.37. The number of fused-ring (bicyclic) bond motifs is 1. The topological polar surface area (TPSA) is 52.3 Å².